The van der Waals surface area contributed by atoms with E-state index in [1.807, 2.05) is 18.9 Å². The zero-order valence-corrected chi connectivity index (χ0v) is 16.6. The van der Waals surface area contributed by atoms with Crippen LogP contribution >= 0.6 is 0 Å². The molecule has 154 valence electrons. The Labute approximate surface area is 168 Å². The van der Waals surface area contributed by atoms with Gasteiger partial charge in [0.2, 0.25) is 5.75 Å². The molecule has 0 aliphatic carbocycles. The van der Waals surface area contributed by atoms with Crippen LogP contribution in [0.25, 0.3) is 0 Å². The third kappa shape index (κ3) is 4.16. The van der Waals surface area contributed by atoms with E-state index < -0.39 is 17.2 Å². The van der Waals surface area contributed by atoms with Crippen molar-refractivity contribution in [2.24, 2.45) is 0 Å². The fourth-order valence-corrected chi connectivity index (χ4v) is 3.47. The van der Waals surface area contributed by atoms with Crippen LogP contribution in [0.3, 0.4) is 0 Å². The molecule has 1 aliphatic heterocycles. The van der Waals surface area contributed by atoms with E-state index in [9.17, 15) is 19.1 Å². The summed E-state index contributed by atoms with van der Waals surface area (Å²) in [5.74, 6) is -1.24. The van der Waals surface area contributed by atoms with Crippen LogP contribution in [0.1, 0.15) is 54.1 Å². The van der Waals surface area contributed by atoms with Crippen LogP contribution < -0.4 is 10.9 Å². The lowest BCUT2D eigenvalue weighted by Gasteiger charge is -2.35. The molecule has 0 saturated carbocycles. The minimum Gasteiger partial charge on any atom is -0.501 e. The standard InChI is InChI=1S/C21H25FN4O3/c1-4-13(2)25(3)16-6-5-11-26-19(16)24-17(18(27)21(26)29)20(28)23-12-14-7-9-15(22)10-8-14/h7-10,16,27H,2,4-6,11-12H2,1,3H3,(H,23,28). The van der Waals surface area contributed by atoms with Crippen LogP contribution in [0.5, 0.6) is 5.75 Å². The monoisotopic (exact) mass is 400 g/mol. The van der Waals surface area contributed by atoms with E-state index in [1.54, 1.807) is 12.1 Å². The number of nitrogens with zero attached hydrogens (tertiary/aromatic N) is 3. The van der Waals surface area contributed by atoms with Gasteiger partial charge in [0, 0.05) is 25.8 Å². The van der Waals surface area contributed by atoms with Crippen LogP contribution in [-0.2, 0) is 13.1 Å². The highest BCUT2D eigenvalue weighted by atomic mass is 19.1. The van der Waals surface area contributed by atoms with E-state index in [-0.39, 0.29) is 24.1 Å². The SMILES string of the molecule is C=C(CC)N(C)C1CCCn2c1nc(C(=O)NCc1ccc(F)cc1)c(O)c2=O. The third-order valence-corrected chi connectivity index (χ3v) is 5.29. The molecule has 29 heavy (non-hydrogen) atoms. The van der Waals surface area contributed by atoms with E-state index in [0.29, 0.717) is 17.9 Å². The fraction of sp³-hybridized carbons (Fsp3) is 0.381. The van der Waals surface area contributed by atoms with Crippen molar-refractivity contribution >= 4 is 5.91 Å². The maximum absolute atomic E-state index is 13.0. The Balaban J connectivity index is 1.90. The van der Waals surface area contributed by atoms with Gasteiger partial charge in [0.15, 0.2) is 5.69 Å². The van der Waals surface area contributed by atoms with E-state index in [0.717, 1.165) is 25.0 Å². The van der Waals surface area contributed by atoms with Gasteiger partial charge in [0.1, 0.15) is 11.6 Å². The van der Waals surface area contributed by atoms with Crippen LogP contribution in [0.2, 0.25) is 0 Å². The summed E-state index contributed by atoms with van der Waals surface area (Å²) in [6, 6.07) is 5.48. The van der Waals surface area contributed by atoms with E-state index in [1.165, 1.54) is 16.7 Å². The molecule has 8 heteroatoms. The molecule has 1 atom stereocenters. The van der Waals surface area contributed by atoms with Crippen LogP contribution in [0.15, 0.2) is 41.3 Å². The minimum absolute atomic E-state index is 0.120. The molecule has 0 saturated heterocycles. The Bertz CT molecular complexity index is 985. The number of benzene rings is 1. The largest absolute Gasteiger partial charge is 0.501 e. The highest BCUT2D eigenvalue weighted by Crippen LogP contribution is 2.31. The molecule has 2 heterocycles. The summed E-state index contributed by atoms with van der Waals surface area (Å²) in [6.07, 6.45) is 2.28. The van der Waals surface area contributed by atoms with Crippen molar-refractivity contribution in [3.05, 3.63) is 69.8 Å². The fourth-order valence-electron chi connectivity index (χ4n) is 3.47. The second-order valence-electron chi connectivity index (χ2n) is 7.12. The Kier molecular flexibility index (Phi) is 6.00. The number of fused-ring (bicyclic) bond motifs is 1. The first-order valence-corrected chi connectivity index (χ1v) is 9.60. The number of aromatic nitrogens is 2. The number of hydrogen-bond acceptors (Lipinski definition) is 5. The first kappa shape index (κ1) is 20.6. The van der Waals surface area contributed by atoms with Crippen LogP contribution in [0, 0.1) is 5.82 Å². The topological polar surface area (TPSA) is 87.5 Å². The normalized spacial score (nSPS) is 15.5. The number of amides is 1. The summed E-state index contributed by atoms with van der Waals surface area (Å²) in [5, 5.41) is 12.9. The molecule has 0 bridgehead atoms. The first-order chi connectivity index (χ1) is 13.8. The number of nitrogens with one attached hydrogen (secondary N) is 1. The average molecular weight is 400 g/mol. The van der Waals surface area contributed by atoms with E-state index in [2.05, 4.69) is 16.9 Å². The van der Waals surface area contributed by atoms with Crippen molar-refractivity contribution in [3.8, 4) is 5.75 Å². The Morgan fingerprint density at radius 3 is 2.76 bits per heavy atom. The Morgan fingerprint density at radius 1 is 1.41 bits per heavy atom. The molecule has 0 fully saturated rings. The lowest BCUT2D eigenvalue weighted by molar-refractivity contribution is 0.0940. The predicted octanol–water partition coefficient (Wildman–Crippen LogP) is 2.71. The average Bonchev–Trinajstić information content (AvgIpc) is 2.74. The Hall–Kier alpha value is -3.16. The zero-order chi connectivity index (χ0) is 21.1. The van der Waals surface area contributed by atoms with Gasteiger partial charge in [-0.05, 0) is 37.0 Å². The molecule has 2 aromatic rings. The van der Waals surface area contributed by atoms with Gasteiger partial charge in [0.25, 0.3) is 11.5 Å². The molecule has 1 aromatic heterocycles. The lowest BCUT2D eigenvalue weighted by atomic mass is 10.0. The second-order valence-corrected chi connectivity index (χ2v) is 7.12. The number of halogens is 1. The van der Waals surface area contributed by atoms with Gasteiger partial charge in [-0.2, -0.15) is 0 Å². The van der Waals surface area contributed by atoms with Crippen molar-refractivity contribution in [3.63, 3.8) is 0 Å². The van der Waals surface area contributed by atoms with Gasteiger partial charge < -0.3 is 15.3 Å². The molecular weight excluding hydrogens is 375 g/mol. The molecule has 0 radical (unpaired) electrons. The van der Waals surface area contributed by atoms with Crippen molar-refractivity contribution in [2.75, 3.05) is 7.05 Å². The first-order valence-electron chi connectivity index (χ1n) is 9.60. The molecule has 1 aliphatic rings. The number of carbonyl (C=O) groups is 1. The minimum atomic E-state index is -0.664. The van der Waals surface area contributed by atoms with Crippen molar-refractivity contribution in [1.29, 1.82) is 0 Å². The van der Waals surface area contributed by atoms with Gasteiger partial charge in [-0.1, -0.05) is 25.6 Å². The number of aromatic hydroxyl groups is 1. The van der Waals surface area contributed by atoms with Gasteiger partial charge in [-0.25, -0.2) is 9.37 Å². The number of allylic oxidation sites excluding steroid dienone is 1. The number of hydrogen-bond donors (Lipinski definition) is 2. The summed E-state index contributed by atoms with van der Waals surface area (Å²) < 4.78 is 14.4. The second kappa shape index (κ2) is 8.46. The molecule has 1 aromatic carbocycles. The molecule has 1 amide bonds. The van der Waals surface area contributed by atoms with Crippen LogP contribution in [-0.4, -0.2) is 32.5 Å². The highest BCUT2D eigenvalue weighted by molar-refractivity contribution is 5.94. The molecule has 2 N–H and O–H groups in total. The molecular formula is C21H25FN4O3. The van der Waals surface area contributed by atoms with Gasteiger partial charge in [-0.3, -0.25) is 14.2 Å². The van der Waals surface area contributed by atoms with Crippen molar-refractivity contribution in [2.45, 2.75) is 45.3 Å². The predicted molar refractivity (Wildman–Crippen MR) is 107 cm³/mol. The molecule has 3 rings (SSSR count). The molecule has 7 nitrogen and oxygen atoms in total. The molecule has 0 spiro atoms. The summed E-state index contributed by atoms with van der Waals surface area (Å²) in [7, 11) is 1.89. The van der Waals surface area contributed by atoms with Crippen LogP contribution in [0.4, 0.5) is 4.39 Å². The van der Waals surface area contributed by atoms with Gasteiger partial charge in [0.05, 0.1) is 6.04 Å². The number of carbonyl (C=O) groups excluding carboxylic acids is 1. The maximum Gasteiger partial charge on any atom is 0.296 e. The number of rotatable bonds is 6. The molecule has 1 unspecified atom stereocenters. The summed E-state index contributed by atoms with van der Waals surface area (Å²) >= 11 is 0. The lowest BCUT2D eigenvalue weighted by Crippen LogP contribution is -2.38. The van der Waals surface area contributed by atoms with E-state index in [4.69, 9.17) is 0 Å². The third-order valence-electron chi connectivity index (χ3n) is 5.29. The zero-order valence-electron chi connectivity index (χ0n) is 16.6. The summed E-state index contributed by atoms with van der Waals surface area (Å²) in [5.41, 5.74) is 0.659. The summed E-state index contributed by atoms with van der Waals surface area (Å²) in [6.45, 7) is 6.60. The van der Waals surface area contributed by atoms with Gasteiger partial charge >= 0.3 is 0 Å². The maximum atomic E-state index is 13.0. The van der Waals surface area contributed by atoms with Gasteiger partial charge in [-0.15, -0.1) is 0 Å². The Morgan fingerprint density at radius 2 is 2.10 bits per heavy atom. The van der Waals surface area contributed by atoms with Crippen molar-refractivity contribution in [1.82, 2.24) is 19.8 Å². The quantitative estimate of drug-likeness (QED) is 0.779. The summed E-state index contributed by atoms with van der Waals surface area (Å²) in [4.78, 5) is 31.6. The van der Waals surface area contributed by atoms with E-state index >= 15 is 0 Å². The highest BCUT2D eigenvalue weighted by Gasteiger charge is 2.30. The smallest absolute Gasteiger partial charge is 0.296 e. The van der Waals surface area contributed by atoms with Crippen molar-refractivity contribution < 1.29 is 14.3 Å².